The predicted molar refractivity (Wildman–Crippen MR) is 83.4 cm³/mol. The van der Waals surface area contributed by atoms with Gasteiger partial charge in [0.25, 0.3) is 0 Å². The maximum Gasteiger partial charge on any atom is 0.152 e. The van der Waals surface area contributed by atoms with Crippen molar-refractivity contribution in [3.05, 3.63) is 58.1 Å². The number of rotatable bonds is 4. The van der Waals surface area contributed by atoms with Gasteiger partial charge in [0.05, 0.1) is 5.69 Å². The largest absolute Gasteiger partial charge is 0.344 e. The average molecular weight is 318 g/mol. The quantitative estimate of drug-likeness (QED) is 0.768. The molecule has 0 unspecified atom stereocenters. The lowest BCUT2D eigenvalue weighted by Crippen LogP contribution is -2.11. The fourth-order valence-electron chi connectivity index (χ4n) is 2.02. The Bertz CT molecular complexity index is 578. The van der Waals surface area contributed by atoms with Crippen molar-refractivity contribution in [2.45, 2.75) is 13.3 Å². The van der Waals surface area contributed by atoms with E-state index in [1.165, 1.54) is 5.56 Å². The Balaban J connectivity index is 2.37. The van der Waals surface area contributed by atoms with Crippen LogP contribution >= 0.6 is 15.9 Å². The van der Waals surface area contributed by atoms with Gasteiger partial charge in [-0.15, -0.1) is 0 Å². The summed E-state index contributed by atoms with van der Waals surface area (Å²) in [4.78, 5) is 13.2. The van der Waals surface area contributed by atoms with E-state index in [4.69, 9.17) is 0 Å². The Morgan fingerprint density at radius 3 is 2.42 bits per heavy atom. The minimum Gasteiger partial charge on any atom is -0.344 e. The van der Waals surface area contributed by atoms with Crippen LogP contribution in [0.1, 0.15) is 22.8 Å². The zero-order chi connectivity index (χ0) is 13.8. The molecule has 0 heterocycles. The van der Waals surface area contributed by atoms with Crippen molar-refractivity contribution < 1.29 is 4.79 Å². The molecule has 0 atom stereocenters. The van der Waals surface area contributed by atoms with Gasteiger partial charge in [0.15, 0.2) is 6.29 Å². The molecule has 0 spiro atoms. The van der Waals surface area contributed by atoms with Gasteiger partial charge < -0.3 is 4.90 Å². The van der Waals surface area contributed by atoms with Crippen molar-refractivity contribution in [2.24, 2.45) is 0 Å². The standard InChI is InChI=1S/C16H16BrNO/c1-3-12-4-7-15(8-5-12)18(2)16-9-6-14(17)10-13(16)11-19/h4-11H,3H2,1-2H3. The number of nitrogens with zero attached hydrogens (tertiary/aromatic N) is 1. The lowest BCUT2D eigenvalue weighted by Gasteiger charge is -2.21. The first kappa shape index (κ1) is 13.8. The van der Waals surface area contributed by atoms with Crippen LogP contribution in [-0.2, 0) is 6.42 Å². The third-order valence-corrected chi connectivity index (χ3v) is 3.70. The molecule has 98 valence electrons. The van der Waals surface area contributed by atoms with E-state index in [2.05, 4.69) is 47.1 Å². The van der Waals surface area contributed by atoms with Crippen LogP contribution in [0.2, 0.25) is 0 Å². The van der Waals surface area contributed by atoms with E-state index in [0.29, 0.717) is 5.56 Å². The lowest BCUT2D eigenvalue weighted by atomic mass is 10.1. The molecule has 0 N–H and O–H groups in total. The molecule has 0 aliphatic carbocycles. The Morgan fingerprint density at radius 2 is 1.84 bits per heavy atom. The maximum atomic E-state index is 11.2. The second-order valence-electron chi connectivity index (χ2n) is 4.40. The van der Waals surface area contributed by atoms with Crippen LogP contribution in [0.4, 0.5) is 11.4 Å². The van der Waals surface area contributed by atoms with Crippen LogP contribution in [-0.4, -0.2) is 13.3 Å². The van der Waals surface area contributed by atoms with Crippen LogP contribution in [0.5, 0.6) is 0 Å². The number of aryl methyl sites for hydroxylation is 1. The van der Waals surface area contributed by atoms with Gasteiger partial charge in [-0.2, -0.15) is 0 Å². The summed E-state index contributed by atoms with van der Waals surface area (Å²) in [6.07, 6.45) is 1.92. The van der Waals surface area contributed by atoms with Crippen molar-refractivity contribution >= 4 is 33.6 Å². The highest BCUT2D eigenvalue weighted by Gasteiger charge is 2.09. The minimum atomic E-state index is 0.677. The Kier molecular flexibility index (Phi) is 4.38. The molecule has 0 saturated heterocycles. The van der Waals surface area contributed by atoms with Gasteiger partial charge >= 0.3 is 0 Å². The first-order valence-corrected chi connectivity index (χ1v) is 7.02. The normalized spacial score (nSPS) is 10.3. The molecule has 0 aliphatic rings. The summed E-state index contributed by atoms with van der Waals surface area (Å²) < 4.78 is 0.910. The second-order valence-corrected chi connectivity index (χ2v) is 5.32. The molecule has 0 saturated carbocycles. The summed E-state index contributed by atoms with van der Waals surface area (Å²) in [6, 6.07) is 14.1. The fraction of sp³-hybridized carbons (Fsp3) is 0.188. The summed E-state index contributed by atoms with van der Waals surface area (Å²) in [5.74, 6) is 0. The van der Waals surface area contributed by atoms with E-state index in [9.17, 15) is 4.79 Å². The van der Waals surface area contributed by atoms with E-state index in [-0.39, 0.29) is 0 Å². The summed E-state index contributed by atoms with van der Waals surface area (Å²) in [6.45, 7) is 2.14. The Labute approximate surface area is 122 Å². The van der Waals surface area contributed by atoms with Gasteiger partial charge in [-0.25, -0.2) is 0 Å². The number of anilines is 2. The highest BCUT2D eigenvalue weighted by atomic mass is 79.9. The topological polar surface area (TPSA) is 20.3 Å². The molecule has 0 aromatic heterocycles. The van der Waals surface area contributed by atoms with Crippen molar-refractivity contribution in [3.63, 3.8) is 0 Å². The van der Waals surface area contributed by atoms with Crippen molar-refractivity contribution in [3.8, 4) is 0 Å². The monoisotopic (exact) mass is 317 g/mol. The number of hydrogen-bond donors (Lipinski definition) is 0. The smallest absolute Gasteiger partial charge is 0.152 e. The highest BCUT2D eigenvalue weighted by Crippen LogP contribution is 2.28. The van der Waals surface area contributed by atoms with Crippen LogP contribution in [0.25, 0.3) is 0 Å². The van der Waals surface area contributed by atoms with E-state index in [0.717, 1.165) is 28.6 Å². The van der Waals surface area contributed by atoms with Crippen LogP contribution in [0, 0.1) is 0 Å². The van der Waals surface area contributed by atoms with E-state index in [1.54, 1.807) is 0 Å². The molecule has 0 aliphatic heterocycles. The number of carbonyl (C=O) groups is 1. The molecule has 2 aromatic carbocycles. The van der Waals surface area contributed by atoms with Gasteiger partial charge in [0, 0.05) is 22.8 Å². The van der Waals surface area contributed by atoms with Gasteiger partial charge in [0.2, 0.25) is 0 Å². The zero-order valence-electron chi connectivity index (χ0n) is 11.1. The Morgan fingerprint density at radius 1 is 1.16 bits per heavy atom. The molecular weight excluding hydrogens is 302 g/mol. The molecule has 0 radical (unpaired) electrons. The molecular formula is C16H16BrNO. The third-order valence-electron chi connectivity index (χ3n) is 3.21. The zero-order valence-corrected chi connectivity index (χ0v) is 12.6. The molecule has 3 heteroatoms. The SMILES string of the molecule is CCc1ccc(N(C)c2ccc(Br)cc2C=O)cc1. The highest BCUT2D eigenvalue weighted by molar-refractivity contribution is 9.10. The first-order valence-electron chi connectivity index (χ1n) is 6.23. The molecule has 2 rings (SSSR count). The fourth-order valence-corrected chi connectivity index (χ4v) is 2.40. The number of halogens is 1. The lowest BCUT2D eigenvalue weighted by molar-refractivity contribution is 0.112. The van der Waals surface area contributed by atoms with Gasteiger partial charge in [-0.05, 0) is 42.3 Å². The van der Waals surface area contributed by atoms with E-state index < -0.39 is 0 Å². The van der Waals surface area contributed by atoms with Gasteiger partial charge in [-0.1, -0.05) is 35.0 Å². The van der Waals surface area contributed by atoms with Crippen molar-refractivity contribution in [2.75, 3.05) is 11.9 Å². The molecule has 0 bridgehead atoms. The number of carbonyl (C=O) groups excluding carboxylic acids is 1. The molecule has 2 nitrogen and oxygen atoms in total. The van der Waals surface area contributed by atoms with Crippen molar-refractivity contribution in [1.82, 2.24) is 0 Å². The molecule has 0 fully saturated rings. The summed E-state index contributed by atoms with van der Waals surface area (Å²) in [5.41, 5.74) is 3.96. The minimum absolute atomic E-state index is 0.677. The van der Waals surface area contributed by atoms with Gasteiger partial charge in [0.1, 0.15) is 0 Å². The summed E-state index contributed by atoms with van der Waals surface area (Å²) >= 11 is 3.38. The van der Waals surface area contributed by atoms with Crippen LogP contribution in [0.15, 0.2) is 46.9 Å². The third kappa shape index (κ3) is 3.04. The summed E-state index contributed by atoms with van der Waals surface area (Å²) in [7, 11) is 1.97. The second kappa shape index (κ2) is 6.02. The Hall–Kier alpha value is -1.61. The maximum absolute atomic E-state index is 11.2. The molecule has 2 aromatic rings. The van der Waals surface area contributed by atoms with E-state index >= 15 is 0 Å². The number of aldehydes is 1. The predicted octanol–water partition coefficient (Wildman–Crippen LogP) is 4.59. The van der Waals surface area contributed by atoms with Crippen LogP contribution < -0.4 is 4.90 Å². The summed E-state index contributed by atoms with van der Waals surface area (Å²) in [5, 5.41) is 0. The van der Waals surface area contributed by atoms with Crippen molar-refractivity contribution in [1.29, 1.82) is 0 Å². The van der Waals surface area contributed by atoms with Crippen LogP contribution in [0.3, 0.4) is 0 Å². The van der Waals surface area contributed by atoms with E-state index in [1.807, 2.05) is 30.1 Å². The first-order chi connectivity index (χ1) is 9.15. The number of benzene rings is 2. The average Bonchev–Trinajstić information content (AvgIpc) is 2.46. The van der Waals surface area contributed by atoms with Gasteiger partial charge in [-0.3, -0.25) is 4.79 Å². The number of hydrogen-bond acceptors (Lipinski definition) is 2. The molecule has 0 amide bonds. The molecule has 19 heavy (non-hydrogen) atoms.